The average Bonchev–Trinajstić information content (AvgIpc) is 2.93. The van der Waals surface area contributed by atoms with Gasteiger partial charge >= 0.3 is 0 Å². The van der Waals surface area contributed by atoms with E-state index in [1.165, 1.54) is 12.8 Å². The van der Waals surface area contributed by atoms with Crippen molar-refractivity contribution in [3.05, 3.63) is 10.7 Å². The van der Waals surface area contributed by atoms with Gasteiger partial charge in [0.1, 0.15) is 5.82 Å². The smallest absolute Gasteiger partial charge is 0.222 e. The topological polar surface area (TPSA) is 55.0 Å². The fraction of sp³-hybridized carbons (Fsp3) is 0.556. The Morgan fingerprint density at radius 1 is 1.64 bits per heavy atom. The van der Waals surface area contributed by atoms with Gasteiger partial charge in [0.25, 0.3) is 0 Å². The maximum atomic E-state index is 5.54. The van der Waals surface area contributed by atoms with E-state index >= 15 is 0 Å². The van der Waals surface area contributed by atoms with Gasteiger partial charge in [-0.2, -0.15) is 4.98 Å². The van der Waals surface area contributed by atoms with Crippen LogP contribution >= 0.6 is 15.9 Å². The first-order chi connectivity index (χ1) is 6.66. The molecular weight excluding hydrogens is 244 g/mol. The van der Waals surface area contributed by atoms with E-state index in [2.05, 4.69) is 30.8 Å². The molecule has 0 amide bonds. The molecule has 0 aliphatic heterocycles. The Labute approximate surface area is 91.7 Å². The first kappa shape index (κ1) is 9.71. The lowest BCUT2D eigenvalue weighted by atomic mass is 10.4. The number of hydrogen-bond donors (Lipinski definition) is 1. The van der Waals surface area contributed by atoms with Gasteiger partial charge in [0, 0.05) is 19.8 Å². The lowest BCUT2D eigenvalue weighted by molar-refractivity contribution is 0.774. The van der Waals surface area contributed by atoms with Crippen LogP contribution in [0.1, 0.15) is 12.8 Å². The first-order valence-electron chi connectivity index (χ1n) is 4.66. The molecule has 1 aliphatic carbocycles. The minimum atomic E-state index is 0.325. The minimum absolute atomic E-state index is 0.325. The number of nitrogens with two attached hydrogens (primary N) is 1. The molecule has 0 bridgehead atoms. The fourth-order valence-electron chi connectivity index (χ4n) is 1.41. The van der Waals surface area contributed by atoms with E-state index < -0.39 is 0 Å². The highest BCUT2D eigenvalue weighted by Crippen LogP contribution is 2.32. The molecule has 0 aromatic carbocycles. The van der Waals surface area contributed by atoms with Gasteiger partial charge in [-0.3, -0.25) is 0 Å². The largest absolute Gasteiger partial charge is 0.368 e. The van der Waals surface area contributed by atoms with E-state index in [-0.39, 0.29) is 0 Å². The van der Waals surface area contributed by atoms with Gasteiger partial charge in [0.2, 0.25) is 5.95 Å². The van der Waals surface area contributed by atoms with Gasteiger partial charge in [-0.25, -0.2) is 4.98 Å². The van der Waals surface area contributed by atoms with Crippen LogP contribution in [-0.4, -0.2) is 23.6 Å². The summed E-state index contributed by atoms with van der Waals surface area (Å²) >= 11 is 3.42. The molecule has 0 atom stereocenters. The molecule has 14 heavy (non-hydrogen) atoms. The normalized spacial score (nSPS) is 15.6. The van der Waals surface area contributed by atoms with E-state index in [0.29, 0.717) is 5.95 Å². The highest BCUT2D eigenvalue weighted by atomic mass is 79.9. The third-order valence-electron chi connectivity index (χ3n) is 2.33. The molecule has 1 fully saturated rings. The molecule has 1 aliphatic rings. The van der Waals surface area contributed by atoms with Crippen molar-refractivity contribution in [3.63, 3.8) is 0 Å². The van der Waals surface area contributed by atoms with Gasteiger partial charge in [0.15, 0.2) is 0 Å². The molecule has 1 saturated carbocycles. The third kappa shape index (κ3) is 2.15. The van der Waals surface area contributed by atoms with Crippen molar-refractivity contribution in [1.82, 2.24) is 9.97 Å². The molecule has 1 aromatic rings. The standard InChI is InChI=1S/C9H13BrN4/c1-14(5-6-2-3-6)8-7(10)4-12-9(11)13-8/h4,6H,2-3,5H2,1H3,(H2,11,12,13). The van der Waals surface area contributed by atoms with Crippen LogP contribution in [0.5, 0.6) is 0 Å². The molecule has 0 saturated heterocycles. The Bertz CT molecular complexity index is 338. The lowest BCUT2D eigenvalue weighted by Crippen LogP contribution is -2.22. The maximum Gasteiger partial charge on any atom is 0.222 e. The second kappa shape index (κ2) is 3.73. The second-order valence-electron chi connectivity index (χ2n) is 3.72. The Morgan fingerprint density at radius 3 is 3.00 bits per heavy atom. The summed E-state index contributed by atoms with van der Waals surface area (Å²) in [7, 11) is 2.03. The van der Waals surface area contributed by atoms with E-state index in [4.69, 9.17) is 5.73 Å². The zero-order valence-electron chi connectivity index (χ0n) is 8.07. The monoisotopic (exact) mass is 256 g/mol. The number of anilines is 2. The number of rotatable bonds is 3. The summed E-state index contributed by atoms with van der Waals surface area (Å²) in [6.07, 6.45) is 4.37. The summed E-state index contributed by atoms with van der Waals surface area (Å²) in [6, 6.07) is 0. The zero-order valence-corrected chi connectivity index (χ0v) is 9.66. The maximum absolute atomic E-state index is 5.54. The zero-order chi connectivity index (χ0) is 10.1. The van der Waals surface area contributed by atoms with Gasteiger partial charge < -0.3 is 10.6 Å². The minimum Gasteiger partial charge on any atom is -0.368 e. The quantitative estimate of drug-likeness (QED) is 0.894. The van der Waals surface area contributed by atoms with E-state index in [1.807, 2.05) is 7.05 Å². The van der Waals surface area contributed by atoms with E-state index in [0.717, 1.165) is 22.8 Å². The SMILES string of the molecule is CN(CC1CC1)c1nc(N)ncc1Br. The molecule has 0 radical (unpaired) electrons. The van der Waals surface area contributed by atoms with Crippen molar-refractivity contribution >= 4 is 27.7 Å². The summed E-state index contributed by atoms with van der Waals surface area (Å²) in [4.78, 5) is 10.2. The molecule has 4 nitrogen and oxygen atoms in total. The van der Waals surface area contributed by atoms with Gasteiger partial charge in [-0.05, 0) is 34.7 Å². The van der Waals surface area contributed by atoms with Crippen molar-refractivity contribution < 1.29 is 0 Å². The van der Waals surface area contributed by atoms with Crippen molar-refractivity contribution in [3.8, 4) is 0 Å². The van der Waals surface area contributed by atoms with Gasteiger partial charge in [-0.1, -0.05) is 0 Å². The van der Waals surface area contributed by atoms with Crippen molar-refractivity contribution in [1.29, 1.82) is 0 Å². The molecule has 1 heterocycles. The van der Waals surface area contributed by atoms with Crippen molar-refractivity contribution in [2.45, 2.75) is 12.8 Å². The number of hydrogen-bond acceptors (Lipinski definition) is 4. The van der Waals surface area contributed by atoms with Crippen molar-refractivity contribution in [2.75, 3.05) is 24.2 Å². The van der Waals surface area contributed by atoms with E-state index in [9.17, 15) is 0 Å². The Morgan fingerprint density at radius 2 is 2.36 bits per heavy atom. The van der Waals surface area contributed by atoms with Crippen LogP contribution in [0.2, 0.25) is 0 Å². The molecule has 0 unspecified atom stereocenters. The van der Waals surface area contributed by atoms with Crippen LogP contribution in [0.3, 0.4) is 0 Å². The predicted octanol–water partition coefficient (Wildman–Crippen LogP) is 1.67. The van der Waals surface area contributed by atoms with E-state index in [1.54, 1.807) is 6.20 Å². The number of nitrogen functional groups attached to an aromatic ring is 1. The number of halogens is 1. The van der Waals surface area contributed by atoms with Crippen LogP contribution in [0.15, 0.2) is 10.7 Å². The lowest BCUT2D eigenvalue weighted by Gasteiger charge is -2.18. The summed E-state index contributed by atoms with van der Waals surface area (Å²) in [5.41, 5.74) is 5.54. The average molecular weight is 257 g/mol. The third-order valence-corrected chi connectivity index (χ3v) is 2.89. The van der Waals surface area contributed by atoms with Crippen LogP contribution in [0, 0.1) is 5.92 Å². The first-order valence-corrected chi connectivity index (χ1v) is 5.45. The molecular formula is C9H13BrN4. The molecule has 2 N–H and O–H groups in total. The summed E-state index contributed by atoms with van der Waals surface area (Å²) in [6.45, 7) is 1.05. The van der Waals surface area contributed by atoms with Crippen LogP contribution in [0.25, 0.3) is 0 Å². The Hall–Kier alpha value is -0.840. The van der Waals surface area contributed by atoms with Gasteiger partial charge in [0.05, 0.1) is 4.47 Å². The highest BCUT2D eigenvalue weighted by molar-refractivity contribution is 9.10. The summed E-state index contributed by atoms with van der Waals surface area (Å²) in [5.74, 6) is 2.04. The molecule has 0 spiro atoms. The van der Waals surface area contributed by atoms with Crippen LogP contribution in [0.4, 0.5) is 11.8 Å². The molecule has 5 heteroatoms. The molecule has 76 valence electrons. The fourth-order valence-corrected chi connectivity index (χ4v) is 1.91. The van der Waals surface area contributed by atoms with Crippen molar-refractivity contribution in [2.24, 2.45) is 5.92 Å². The van der Waals surface area contributed by atoms with Gasteiger partial charge in [-0.15, -0.1) is 0 Å². The van der Waals surface area contributed by atoms with Crippen LogP contribution in [-0.2, 0) is 0 Å². The summed E-state index contributed by atoms with van der Waals surface area (Å²) < 4.78 is 0.898. The van der Waals surface area contributed by atoms with Crippen LogP contribution < -0.4 is 10.6 Å². The molecule has 2 rings (SSSR count). The second-order valence-corrected chi connectivity index (χ2v) is 4.58. The number of aromatic nitrogens is 2. The predicted molar refractivity (Wildman–Crippen MR) is 60.1 cm³/mol. The molecule has 1 aromatic heterocycles. The number of nitrogens with zero attached hydrogens (tertiary/aromatic N) is 3. The Balaban J connectivity index is 2.15. The highest BCUT2D eigenvalue weighted by Gasteiger charge is 2.24. The summed E-state index contributed by atoms with van der Waals surface area (Å²) in [5, 5.41) is 0. The Kier molecular flexibility index (Phi) is 2.58.